The predicted molar refractivity (Wildman–Crippen MR) is 128 cm³/mol. The molecule has 0 spiro atoms. The Kier molecular flexibility index (Phi) is 5.72. The number of rotatable bonds is 6. The molecule has 0 radical (unpaired) electrons. The number of amides is 2. The number of nitrogens with zero attached hydrogens (tertiary/aromatic N) is 3. The molecule has 4 aromatic rings. The Morgan fingerprint density at radius 3 is 2.24 bits per heavy atom. The molecule has 3 aromatic carbocycles. The summed E-state index contributed by atoms with van der Waals surface area (Å²) in [4.78, 5) is 26.9. The van der Waals surface area contributed by atoms with E-state index in [0.29, 0.717) is 24.2 Å². The molecule has 0 bridgehead atoms. The second-order valence-corrected chi connectivity index (χ2v) is 8.04. The number of carbonyl (C=O) groups is 2. The van der Waals surface area contributed by atoms with Crippen molar-refractivity contribution in [2.24, 2.45) is 0 Å². The molecule has 0 aliphatic carbocycles. The van der Waals surface area contributed by atoms with Crippen LogP contribution in [0.3, 0.4) is 0 Å². The molecule has 0 atom stereocenters. The van der Waals surface area contributed by atoms with E-state index in [9.17, 15) is 9.59 Å². The van der Waals surface area contributed by atoms with Gasteiger partial charge >= 0.3 is 0 Å². The number of hydrogen-bond donors (Lipinski definition) is 1. The number of carbonyl (C=O) groups excluding carboxylic acids is 2. The van der Waals surface area contributed by atoms with Gasteiger partial charge in [-0.3, -0.25) is 9.59 Å². The highest BCUT2D eigenvalue weighted by Crippen LogP contribution is 2.24. The largest absolute Gasteiger partial charge is 0.348 e. The van der Waals surface area contributed by atoms with Crippen LogP contribution in [0, 0.1) is 0 Å². The minimum absolute atomic E-state index is 0.167. The molecule has 2 heterocycles. The van der Waals surface area contributed by atoms with E-state index in [-0.39, 0.29) is 11.8 Å². The lowest BCUT2D eigenvalue weighted by Gasteiger charge is -2.16. The summed E-state index contributed by atoms with van der Waals surface area (Å²) in [6.07, 6.45) is 3.28. The van der Waals surface area contributed by atoms with Crippen molar-refractivity contribution in [1.82, 2.24) is 15.1 Å². The van der Waals surface area contributed by atoms with E-state index >= 15 is 0 Å². The number of benzene rings is 3. The summed E-state index contributed by atoms with van der Waals surface area (Å²) in [7, 11) is 0. The minimum atomic E-state index is -0.185. The van der Waals surface area contributed by atoms with Crippen LogP contribution in [0.15, 0.2) is 91.1 Å². The van der Waals surface area contributed by atoms with E-state index in [4.69, 9.17) is 5.10 Å². The SMILES string of the molecule is O=C(NCc1ccc(N2CCCC2=O)cc1)c1cn(-c2ccccc2)nc1-c1ccccc1. The Labute approximate surface area is 192 Å². The van der Waals surface area contributed by atoms with Gasteiger partial charge in [-0.2, -0.15) is 5.10 Å². The lowest BCUT2D eigenvalue weighted by Crippen LogP contribution is -2.24. The highest BCUT2D eigenvalue weighted by atomic mass is 16.2. The third-order valence-corrected chi connectivity index (χ3v) is 5.80. The third kappa shape index (κ3) is 4.41. The van der Waals surface area contributed by atoms with Gasteiger partial charge < -0.3 is 10.2 Å². The predicted octanol–water partition coefficient (Wildman–Crippen LogP) is 4.60. The molecule has 164 valence electrons. The van der Waals surface area contributed by atoms with E-state index in [1.165, 1.54) is 0 Å². The van der Waals surface area contributed by atoms with Gasteiger partial charge in [0.15, 0.2) is 0 Å². The first-order chi connectivity index (χ1) is 16.2. The van der Waals surface area contributed by atoms with Crippen LogP contribution in [-0.2, 0) is 11.3 Å². The van der Waals surface area contributed by atoms with Crippen molar-refractivity contribution >= 4 is 17.5 Å². The molecule has 6 nitrogen and oxygen atoms in total. The Balaban J connectivity index is 1.35. The zero-order valence-corrected chi connectivity index (χ0v) is 18.1. The van der Waals surface area contributed by atoms with E-state index in [2.05, 4.69) is 5.32 Å². The number of aromatic nitrogens is 2. The van der Waals surface area contributed by atoms with Crippen molar-refractivity contribution in [3.8, 4) is 16.9 Å². The van der Waals surface area contributed by atoms with Crippen LogP contribution in [-0.4, -0.2) is 28.1 Å². The summed E-state index contributed by atoms with van der Waals surface area (Å²) in [5, 5.41) is 7.72. The molecule has 1 N–H and O–H groups in total. The van der Waals surface area contributed by atoms with E-state index < -0.39 is 0 Å². The van der Waals surface area contributed by atoms with E-state index in [1.54, 1.807) is 10.9 Å². The second-order valence-electron chi connectivity index (χ2n) is 8.04. The summed E-state index contributed by atoms with van der Waals surface area (Å²) >= 11 is 0. The molecular formula is C27H24N4O2. The summed E-state index contributed by atoms with van der Waals surface area (Å²) < 4.78 is 1.74. The summed E-state index contributed by atoms with van der Waals surface area (Å²) in [6, 6.07) is 27.2. The van der Waals surface area contributed by atoms with Crippen LogP contribution in [0.4, 0.5) is 5.69 Å². The van der Waals surface area contributed by atoms with Gasteiger partial charge in [0.25, 0.3) is 5.91 Å². The fraction of sp³-hybridized carbons (Fsp3) is 0.148. The van der Waals surface area contributed by atoms with Crippen molar-refractivity contribution in [2.75, 3.05) is 11.4 Å². The van der Waals surface area contributed by atoms with Crippen molar-refractivity contribution in [1.29, 1.82) is 0 Å². The molecule has 1 aromatic heterocycles. The summed E-state index contributed by atoms with van der Waals surface area (Å²) in [5.74, 6) is -0.0187. The van der Waals surface area contributed by atoms with Gasteiger partial charge in [0.1, 0.15) is 5.69 Å². The zero-order valence-electron chi connectivity index (χ0n) is 18.1. The lowest BCUT2D eigenvalue weighted by atomic mass is 10.1. The van der Waals surface area contributed by atoms with Gasteiger partial charge in [0.2, 0.25) is 5.91 Å². The molecule has 1 saturated heterocycles. The van der Waals surface area contributed by atoms with E-state index in [1.807, 2.05) is 89.8 Å². The van der Waals surface area contributed by atoms with Crippen LogP contribution in [0.2, 0.25) is 0 Å². The number of para-hydroxylation sites is 1. The van der Waals surface area contributed by atoms with Gasteiger partial charge in [0, 0.05) is 37.0 Å². The first-order valence-electron chi connectivity index (χ1n) is 11.1. The number of anilines is 1. The Morgan fingerprint density at radius 2 is 1.58 bits per heavy atom. The van der Waals surface area contributed by atoms with Crippen LogP contribution >= 0.6 is 0 Å². The van der Waals surface area contributed by atoms with Gasteiger partial charge in [0.05, 0.1) is 11.3 Å². The van der Waals surface area contributed by atoms with Crippen LogP contribution in [0.25, 0.3) is 16.9 Å². The third-order valence-electron chi connectivity index (χ3n) is 5.80. The monoisotopic (exact) mass is 436 g/mol. The van der Waals surface area contributed by atoms with E-state index in [0.717, 1.165) is 35.5 Å². The molecule has 2 amide bonds. The van der Waals surface area contributed by atoms with Gasteiger partial charge in [-0.25, -0.2) is 4.68 Å². The van der Waals surface area contributed by atoms with Crippen molar-refractivity contribution in [2.45, 2.75) is 19.4 Å². The molecule has 0 saturated carbocycles. The molecular weight excluding hydrogens is 412 g/mol. The van der Waals surface area contributed by atoms with Gasteiger partial charge in [-0.05, 0) is 36.2 Å². The maximum absolute atomic E-state index is 13.2. The van der Waals surface area contributed by atoms with Crippen molar-refractivity contribution in [3.05, 3.63) is 102 Å². The van der Waals surface area contributed by atoms with Gasteiger partial charge in [-0.15, -0.1) is 0 Å². The fourth-order valence-electron chi connectivity index (χ4n) is 4.05. The van der Waals surface area contributed by atoms with Crippen LogP contribution in [0.1, 0.15) is 28.8 Å². The average molecular weight is 437 g/mol. The van der Waals surface area contributed by atoms with Crippen LogP contribution < -0.4 is 10.2 Å². The first-order valence-corrected chi connectivity index (χ1v) is 11.1. The second kappa shape index (κ2) is 9.12. The maximum atomic E-state index is 13.2. The molecule has 33 heavy (non-hydrogen) atoms. The zero-order chi connectivity index (χ0) is 22.6. The molecule has 1 aliphatic heterocycles. The van der Waals surface area contributed by atoms with Crippen LogP contribution in [0.5, 0.6) is 0 Å². The Morgan fingerprint density at radius 1 is 0.879 bits per heavy atom. The van der Waals surface area contributed by atoms with Crippen molar-refractivity contribution in [3.63, 3.8) is 0 Å². The quantitative estimate of drug-likeness (QED) is 0.481. The Hall–Kier alpha value is -4.19. The molecule has 1 aliphatic rings. The highest BCUT2D eigenvalue weighted by molar-refractivity contribution is 6.00. The smallest absolute Gasteiger partial charge is 0.255 e. The Bertz CT molecular complexity index is 1260. The number of hydrogen-bond acceptors (Lipinski definition) is 3. The fourth-order valence-corrected chi connectivity index (χ4v) is 4.05. The first kappa shape index (κ1) is 20.7. The molecule has 5 rings (SSSR count). The molecule has 6 heteroatoms. The number of nitrogens with one attached hydrogen (secondary N) is 1. The van der Waals surface area contributed by atoms with Gasteiger partial charge in [-0.1, -0.05) is 60.7 Å². The summed E-state index contributed by atoms with van der Waals surface area (Å²) in [5.41, 5.74) is 4.81. The normalized spacial score (nSPS) is 13.3. The minimum Gasteiger partial charge on any atom is -0.348 e. The standard InChI is InChI=1S/C27H24N4O2/c32-25-12-7-17-30(25)22-15-13-20(14-16-22)18-28-27(33)24-19-31(23-10-5-2-6-11-23)29-26(24)21-8-3-1-4-9-21/h1-6,8-11,13-16,19H,7,12,17-18H2,(H,28,33). The average Bonchev–Trinajstić information content (AvgIpc) is 3.51. The topological polar surface area (TPSA) is 67.2 Å². The molecule has 0 unspecified atom stereocenters. The summed E-state index contributed by atoms with van der Waals surface area (Å²) in [6.45, 7) is 1.15. The maximum Gasteiger partial charge on any atom is 0.255 e. The molecule has 1 fully saturated rings. The lowest BCUT2D eigenvalue weighted by molar-refractivity contribution is -0.117. The van der Waals surface area contributed by atoms with Crippen molar-refractivity contribution < 1.29 is 9.59 Å². The highest BCUT2D eigenvalue weighted by Gasteiger charge is 2.22.